The van der Waals surface area contributed by atoms with Gasteiger partial charge in [0.25, 0.3) is 0 Å². The van der Waals surface area contributed by atoms with Crippen molar-refractivity contribution < 1.29 is 31.1 Å². The van der Waals surface area contributed by atoms with Gasteiger partial charge in [-0.3, -0.25) is 0 Å². The van der Waals surface area contributed by atoms with E-state index < -0.39 is 28.7 Å². The molecule has 1 aromatic carbocycles. The van der Waals surface area contributed by atoms with Crippen molar-refractivity contribution in [1.82, 2.24) is 9.29 Å². The van der Waals surface area contributed by atoms with Crippen molar-refractivity contribution in [3.05, 3.63) is 48.4 Å². The van der Waals surface area contributed by atoms with E-state index in [1.54, 1.807) is 0 Å². The third-order valence-corrected chi connectivity index (χ3v) is 5.65. The molecule has 1 aliphatic rings. The lowest BCUT2D eigenvalue weighted by Gasteiger charge is -2.17. The Labute approximate surface area is 148 Å². The van der Waals surface area contributed by atoms with E-state index in [0.29, 0.717) is 6.42 Å². The lowest BCUT2D eigenvalue weighted by atomic mass is 10.3. The molecule has 0 bridgehead atoms. The van der Waals surface area contributed by atoms with Gasteiger partial charge in [0.15, 0.2) is 0 Å². The van der Waals surface area contributed by atoms with Crippen molar-refractivity contribution >= 4 is 10.0 Å². The summed E-state index contributed by atoms with van der Waals surface area (Å²) in [6, 6.07) is 8.86. The molecule has 3 rings (SSSR count). The van der Waals surface area contributed by atoms with Crippen LogP contribution in [-0.2, 0) is 10.0 Å². The van der Waals surface area contributed by atoms with Gasteiger partial charge in [0.05, 0.1) is 11.4 Å². The van der Waals surface area contributed by atoms with E-state index in [1.165, 1.54) is 46.8 Å². The Hall–Kier alpha value is -2.33. The predicted octanol–water partition coefficient (Wildman–Crippen LogP) is 2.66. The van der Waals surface area contributed by atoms with Crippen molar-refractivity contribution in [1.29, 1.82) is 0 Å². The minimum absolute atomic E-state index is 0.0383. The monoisotopic (exact) mass is 388 g/mol. The van der Waals surface area contributed by atoms with Crippen molar-refractivity contribution in [2.24, 2.45) is 0 Å². The molecule has 1 atom stereocenters. The van der Waals surface area contributed by atoms with Crippen LogP contribution in [0.25, 0.3) is 0 Å². The lowest BCUT2D eigenvalue weighted by molar-refractivity contribution is -0.0498. The number of pyridine rings is 1. The molecule has 0 saturated carbocycles. The van der Waals surface area contributed by atoms with Crippen molar-refractivity contribution in [3.8, 4) is 11.6 Å². The van der Waals surface area contributed by atoms with Gasteiger partial charge in [-0.15, -0.1) is 0 Å². The molecule has 1 aliphatic heterocycles. The van der Waals surface area contributed by atoms with E-state index in [-0.39, 0.29) is 29.6 Å². The highest BCUT2D eigenvalue weighted by molar-refractivity contribution is 7.89. The van der Waals surface area contributed by atoms with Crippen LogP contribution in [-0.4, -0.2) is 43.5 Å². The molecule has 1 aromatic heterocycles. The molecular formula is C16H15F3N2O4S. The Bertz CT molecular complexity index is 862. The number of halogens is 3. The molecule has 1 fully saturated rings. The Morgan fingerprint density at radius 1 is 1.15 bits per heavy atom. The van der Waals surface area contributed by atoms with Gasteiger partial charge in [0.1, 0.15) is 11.9 Å². The molecule has 0 spiro atoms. The maximum Gasteiger partial charge on any atom is 0.387 e. The molecule has 6 nitrogen and oxygen atoms in total. The zero-order valence-corrected chi connectivity index (χ0v) is 14.2. The van der Waals surface area contributed by atoms with Crippen molar-refractivity contribution in [2.45, 2.75) is 24.0 Å². The molecule has 2 heterocycles. The van der Waals surface area contributed by atoms with E-state index in [2.05, 4.69) is 9.72 Å². The van der Waals surface area contributed by atoms with Crippen molar-refractivity contribution in [2.75, 3.05) is 13.1 Å². The van der Waals surface area contributed by atoms with E-state index in [9.17, 15) is 21.6 Å². The van der Waals surface area contributed by atoms with E-state index >= 15 is 0 Å². The topological polar surface area (TPSA) is 68.7 Å². The largest absolute Gasteiger partial charge is 0.473 e. The highest BCUT2D eigenvalue weighted by atomic mass is 32.2. The summed E-state index contributed by atoms with van der Waals surface area (Å²) >= 11 is 0. The van der Waals surface area contributed by atoms with E-state index in [0.717, 1.165) is 0 Å². The number of ether oxygens (including phenoxy) is 2. The second kappa shape index (κ2) is 7.50. The summed E-state index contributed by atoms with van der Waals surface area (Å²) in [6.07, 6.45) is -0.0372. The molecular weight excluding hydrogens is 373 g/mol. The van der Waals surface area contributed by atoms with Gasteiger partial charge >= 0.3 is 6.61 Å². The van der Waals surface area contributed by atoms with Gasteiger partial charge in [-0.2, -0.15) is 22.5 Å². The lowest BCUT2D eigenvalue weighted by Crippen LogP contribution is -2.31. The number of benzene rings is 1. The fraction of sp³-hybridized carbons (Fsp3) is 0.312. The highest BCUT2D eigenvalue weighted by Gasteiger charge is 2.33. The molecule has 0 aliphatic carbocycles. The van der Waals surface area contributed by atoms with Crippen molar-refractivity contribution in [3.63, 3.8) is 0 Å². The second-order valence-corrected chi connectivity index (χ2v) is 7.48. The Balaban J connectivity index is 1.67. The third-order valence-electron chi connectivity index (χ3n) is 3.77. The van der Waals surface area contributed by atoms with Crippen LogP contribution in [0, 0.1) is 5.95 Å². The average Bonchev–Trinajstić information content (AvgIpc) is 3.04. The molecule has 1 unspecified atom stereocenters. The van der Waals surface area contributed by atoms with Crippen LogP contribution < -0.4 is 9.47 Å². The standard InChI is InChI=1S/C16H15F3N2O4S/c17-14-2-1-3-15(20-14)24-12-8-9-21(10-12)26(22,23)13-6-4-11(5-7-13)25-16(18)19/h1-7,12,16H,8-10H2. The van der Waals surface area contributed by atoms with Crippen LogP contribution in [0.2, 0.25) is 0 Å². The smallest absolute Gasteiger partial charge is 0.387 e. The van der Waals surface area contributed by atoms with Gasteiger partial charge in [0.2, 0.25) is 21.9 Å². The number of rotatable bonds is 6. The number of alkyl halides is 2. The number of aromatic nitrogens is 1. The third kappa shape index (κ3) is 4.25. The summed E-state index contributed by atoms with van der Waals surface area (Å²) in [5, 5.41) is 0. The highest BCUT2D eigenvalue weighted by Crippen LogP contribution is 2.25. The van der Waals surface area contributed by atoms with Gasteiger partial charge in [-0.05, 0) is 36.8 Å². The summed E-state index contributed by atoms with van der Waals surface area (Å²) < 4.78 is 73.6. The van der Waals surface area contributed by atoms with Gasteiger partial charge in [-0.1, -0.05) is 6.07 Å². The molecule has 1 saturated heterocycles. The van der Waals surface area contributed by atoms with Crippen LogP contribution in [0.5, 0.6) is 11.6 Å². The summed E-state index contributed by atoms with van der Waals surface area (Å²) in [7, 11) is -3.80. The summed E-state index contributed by atoms with van der Waals surface area (Å²) in [5.41, 5.74) is 0. The maximum absolute atomic E-state index is 13.1. The first kappa shape index (κ1) is 18.5. The molecule has 140 valence electrons. The maximum atomic E-state index is 13.1. The first-order chi connectivity index (χ1) is 12.3. The minimum atomic E-state index is -3.80. The second-order valence-electron chi connectivity index (χ2n) is 5.54. The SMILES string of the molecule is O=S(=O)(c1ccc(OC(F)F)cc1)N1CCC(Oc2cccc(F)n2)C1. The van der Waals surface area contributed by atoms with Crippen LogP contribution in [0.4, 0.5) is 13.2 Å². The normalized spacial score (nSPS) is 18.2. The average molecular weight is 388 g/mol. The van der Waals surface area contributed by atoms with Crippen LogP contribution in [0.3, 0.4) is 0 Å². The quantitative estimate of drug-likeness (QED) is 0.712. The van der Waals surface area contributed by atoms with E-state index in [1.807, 2.05) is 0 Å². The Kier molecular flexibility index (Phi) is 5.33. The Morgan fingerprint density at radius 3 is 2.54 bits per heavy atom. The number of hydrogen-bond donors (Lipinski definition) is 0. The Morgan fingerprint density at radius 2 is 1.88 bits per heavy atom. The van der Waals surface area contributed by atoms with Crippen LogP contribution in [0.1, 0.15) is 6.42 Å². The summed E-state index contributed by atoms with van der Waals surface area (Å²) in [6.45, 7) is -2.68. The number of hydrogen-bond acceptors (Lipinski definition) is 5. The number of nitrogens with zero attached hydrogens (tertiary/aromatic N) is 2. The molecule has 2 aromatic rings. The van der Waals surface area contributed by atoms with Gasteiger partial charge in [0, 0.05) is 12.6 Å². The van der Waals surface area contributed by atoms with Gasteiger partial charge in [-0.25, -0.2) is 8.42 Å². The van der Waals surface area contributed by atoms with Crippen LogP contribution >= 0.6 is 0 Å². The molecule has 0 radical (unpaired) electrons. The van der Waals surface area contributed by atoms with E-state index in [4.69, 9.17) is 4.74 Å². The molecule has 0 amide bonds. The van der Waals surface area contributed by atoms with Crippen LogP contribution in [0.15, 0.2) is 47.4 Å². The fourth-order valence-electron chi connectivity index (χ4n) is 2.58. The summed E-state index contributed by atoms with van der Waals surface area (Å²) in [4.78, 5) is 3.55. The molecule has 10 heteroatoms. The molecule has 0 N–H and O–H groups in total. The summed E-state index contributed by atoms with van der Waals surface area (Å²) in [5.74, 6) is -0.724. The molecule has 26 heavy (non-hydrogen) atoms. The fourth-order valence-corrected chi connectivity index (χ4v) is 4.07. The van der Waals surface area contributed by atoms with Gasteiger partial charge < -0.3 is 9.47 Å². The zero-order chi connectivity index (χ0) is 18.7. The predicted molar refractivity (Wildman–Crippen MR) is 85.1 cm³/mol. The minimum Gasteiger partial charge on any atom is -0.473 e. The zero-order valence-electron chi connectivity index (χ0n) is 13.4. The first-order valence-corrected chi connectivity index (χ1v) is 9.13. The number of sulfonamides is 1. The first-order valence-electron chi connectivity index (χ1n) is 7.69.